The van der Waals surface area contributed by atoms with Crippen molar-refractivity contribution in [1.29, 1.82) is 0 Å². The molecule has 1 saturated carbocycles. The van der Waals surface area contributed by atoms with Gasteiger partial charge in [-0.3, -0.25) is 0 Å². The van der Waals surface area contributed by atoms with Crippen molar-refractivity contribution in [2.75, 3.05) is 13.7 Å². The number of halogens is 2. The Morgan fingerprint density at radius 1 is 1.08 bits per heavy atom. The van der Waals surface area contributed by atoms with Crippen LogP contribution in [0.5, 0.6) is 5.75 Å². The van der Waals surface area contributed by atoms with Crippen LogP contribution in [0, 0.1) is 5.82 Å². The monoisotopic (exact) mass is 376 g/mol. The third-order valence-corrected chi connectivity index (χ3v) is 5.85. The Hall–Kier alpha value is -1.62. The van der Waals surface area contributed by atoms with Crippen LogP contribution in [0.3, 0.4) is 0 Å². The van der Waals surface area contributed by atoms with Crippen LogP contribution in [0.15, 0.2) is 42.5 Å². The summed E-state index contributed by atoms with van der Waals surface area (Å²) >= 11 is 5.95. The van der Waals surface area contributed by atoms with Gasteiger partial charge < -0.3 is 14.2 Å². The standard InChI is InChI=1S/C21H22ClFO3/c1-24-17-5-2-15(3-6-17)13-25-21(10-8-20(9-11-21)14-26-20)18-7-4-16(22)12-19(18)23/h2-7,12H,8-11,13-14H2,1H3. The van der Waals surface area contributed by atoms with Crippen LogP contribution >= 0.6 is 11.6 Å². The van der Waals surface area contributed by atoms with E-state index in [-0.39, 0.29) is 11.4 Å². The van der Waals surface area contributed by atoms with Crippen LogP contribution in [0.4, 0.5) is 4.39 Å². The molecular formula is C21H22ClFO3. The van der Waals surface area contributed by atoms with Gasteiger partial charge in [-0.25, -0.2) is 4.39 Å². The van der Waals surface area contributed by atoms with Gasteiger partial charge in [0, 0.05) is 10.6 Å². The van der Waals surface area contributed by atoms with Crippen LogP contribution in [0.25, 0.3) is 0 Å². The van der Waals surface area contributed by atoms with E-state index in [1.807, 2.05) is 24.3 Å². The molecule has 0 bridgehead atoms. The quantitative estimate of drug-likeness (QED) is 0.668. The first-order chi connectivity index (χ1) is 12.5. The number of hydrogen-bond donors (Lipinski definition) is 0. The van der Waals surface area contributed by atoms with E-state index in [1.54, 1.807) is 19.2 Å². The van der Waals surface area contributed by atoms with Gasteiger partial charge in [0.05, 0.1) is 31.5 Å². The molecule has 0 aromatic heterocycles. The molecule has 2 aromatic rings. The summed E-state index contributed by atoms with van der Waals surface area (Å²) in [6.45, 7) is 1.23. The molecule has 4 rings (SSSR count). The van der Waals surface area contributed by atoms with Crippen molar-refractivity contribution in [2.45, 2.75) is 43.5 Å². The van der Waals surface area contributed by atoms with Gasteiger partial charge in [-0.2, -0.15) is 0 Å². The number of benzene rings is 2. The van der Waals surface area contributed by atoms with Gasteiger partial charge in [0.2, 0.25) is 0 Å². The maximum Gasteiger partial charge on any atom is 0.130 e. The maximum atomic E-state index is 14.7. The first-order valence-corrected chi connectivity index (χ1v) is 9.28. The summed E-state index contributed by atoms with van der Waals surface area (Å²) in [5, 5.41) is 0.398. The van der Waals surface area contributed by atoms with Crippen LogP contribution in [0.2, 0.25) is 5.02 Å². The molecule has 1 aliphatic heterocycles. The Bertz CT molecular complexity index is 776. The summed E-state index contributed by atoms with van der Waals surface area (Å²) in [7, 11) is 1.64. The average Bonchev–Trinajstić information content (AvgIpc) is 3.42. The van der Waals surface area contributed by atoms with Gasteiger partial charge >= 0.3 is 0 Å². The highest BCUT2D eigenvalue weighted by Gasteiger charge is 2.52. The molecule has 0 unspecified atom stereocenters. The highest BCUT2D eigenvalue weighted by atomic mass is 35.5. The lowest BCUT2D eigenvalue weighted by atomic mass is 9.74. The van der Waals surface area contributed by atoms with Gasteiger partial charge in [-0.05, 0) is 55.5 Å². The average molecular weight is 377 g/mol. The van der Waals surface area contributed by atoms with E-state index in [9.17, 15) is 4.39 Å². The lowest BCUT2D eigenvalue weighted by Crippen LogP contribution is -2.38. The van der Waals surface area contributed by atoms with E-state index < -0.39 is 5.60 Å². The Labute approximate surface area is 158 Å². The molecule has 1 spiro atoms. The molecule has 0 atom stereocenters. The Balaban J connectivity index is 1.58. The predicted octanol–water partition coefficient (Wildman–Crippen LogP) is 5.24. The number of hydrogen-bond acceptors (Lipinski definition) is 3. The van der Waals surface area contributed by atoms with E-state index in [0.717, 1.165) is 43.6 Å². The number of ether oxygens (including phenoxy) is 3. The lowest BCUT2D eigenvalue weighted by Gasteiger charge is -2.40. The fraction of sp³-hybridized carbons (Fsp3) is 0.429. The minimum atomic E-state index is -0.647. The van der Waals surface area contributed by atoms with E-state index in [1.165, 1.54) is 6.07 Å². The summed E-state index contributed by atoms with van der Waals surface area (Å²) in [6.07, 6.45) is 3.25. The maximum absolute atomic E-state index is 14.7. The molecule has 2 fully saturated rings. The third kappa shape index (κ3) is 3.46. The highest BCUT2D eigenvalue weighted by molar-refractivity contribution is 6.30. The molecule has 1 heterocycles. The molecule has 26 heavy (non-hydrogen) atoms. The number of rotatable bonds is 5. The molecule has 138 valence electrons. The second kappa shape index (κ2) is 6.84. The van der Waals surface area contributed by atoms with E-state index in [4.69, 9.17) is 25.8 Å². The topological polar surface area (TPSA) is 31.0 Å². The van der Waals surface area contributed by atoms with Gasteiger partial charge in [-0.1, -0.05) is 29.8 Å². The zero-order valence-electron chi connectivity index (χ0n) is 14.8. The molecule has 0 N–H and O–H groups in total. The predicted molar refractivity (Wildman–Crippen MR) is 98.0 cm³/mol. The van der Waals surface area contributed by atoms with Crippen molar-refractivity contribution in [2.24, 2.45) is 0 Å². The van der Waals surface area contributed by atoms with Crippen LogP contribution < -0.4 is 4.74 Å². The fourth-order valence-corrected chi connectivity index (χ4v) is 3.95. The van der Waals surface area contributed by atoms with Crippen LogP contribution in [0.1, 0.15) is 36.8 Å². The van der Waals surface area contributed by atoms with E-state index in [2.05, 4.69) is 0 Å². The zero-order chi connectivity index (χ0) is 18.2. The summed E-state index contributed by atoms with van der Waals surface area (Å²) in [6, 6.07) is 12.6. The van der Waals surface area contributed by atoms with E-state index in [0.29, 0.717) is 17.2 Å². The summed E-state index contributed by atoms with van der Waals surface area (Å²) in [5.74, 6) is 0.498. The first-order valence-electron chi connectivity index (χ1n) is 8.91. The minimum Gasteiger partial charge on any atom is -0.497 e. The summed E-state index contributed by atoms with van der Waals surface area (Å²) in [4.78, 5) is 0. The van der Waals surface area contributed by atoms with Crippen LogP contribution in [-0.2, 0) is 21.7 Å². The van der Waals surface area contributed by atoms with Gasteiger partial charge in [0.25, 0.3) is 0 Å². The molecule has 5 heteroatoms. The lowest BCUT2D eigenvalue weighted by molar-refractivity contribution is -0.0988. The molecule has 3 nitrogen and oxygen atoms in total. The Kier molecular flexibility index (Phi) is 4.68. The molecule has 1 saturated heterocycles. The molecule has 0 amide bonds. The molecule has 0 radical (unpaired) electrons. The number of epoxide rings is 1. The van der Waals surface area contributed by atoms with Crippen LogP contribution in [-0.4, -0.2) is 19.3 Å². The van der Waals surface area contributed by atoms with Crippen molar-refractivity contribution < 1.29 is 18.6 Å². The van der Waals surface area contributed by atoms with Gasteiger partial charge in [-0.15, -0.1) is 0 Å². The minimum absolute atomic E-state index is 0.00980. The van der Waals surface area contributed by atoms with Crippen molar-refractivity contribution in [1.82, 2.24) is 0 Å². The summed E-state index contributed by atoms with van der Waals surface area (Å²) < 4.78 is 31.9. The zero-order valence-corrected chi connectivity index (χ0v) is 15.5. The smallest absolute Gasteiger partial charge is 0.130 e. The molecular weight excluding hydrogens is 355 g/mol. The SMILES string of the molecule is COc1ccc(COC2(c3ccc(Cl)cc3F)CCC3(CC2)CO3)cc1. The Morgan fingerprint density at radius 2 is 1.77 bits per heavy atom. The van der Waals surface area contributed by atoms with Gasteiger partial charge in [0.15, 0.2) is 0 Å². The second-order valence-electron chi connectivity index (χ2n) is 7.23. The molecule has 2 aromatic carbocycles. The normalized spacial score (nSPS) is 27.5. The third-order valence-electron chi connectivity index (χ3n) is 5.62. The fourth-order valence-electron chi connectivity index (χ4n) is 3.79. The molecule has 2 aliphatic rings. The highest BCUT2D eigenvalue weighted by Crippen LogP contribution is 2.51. The first kappa shape index (κ1) is 17.8. The van der Waals surface area contributed by atoms with Crippen molar-refractivity contribution >= 4 is 11.6 Å². The second-order valence-corrected chi connectivity index (χ2v) is 7.66. The van der Waals surface area contributed by atoms with Crippen molar-refractivity contribution in [3.63, 3.8) is 0 Å². The van der Waals surface area contributed by atoms with Crippen molar-refractivity contribution in [3.05, 3.63) is 64.4 Å². The Morgan fingerprint density at radius 3 is 2.35 bits per heavy atom. The van der Waals surface area contributed by atoms with Crippen molar-refractivity contribution in [3.8, 4) is 5.75 Å². The largest absolute Gasteiger partial charge is 0.497 e. The summed E-state index contributed by atoms with van der Waals surface area (Å²) in [5.41, 5.74) is 0.982. The number of methoxy groups -OCH3 is 1. The molecule has 1 aliphatic carbocycles. The van der Waals surface area contributed by atoms with Gasteiger partial charge in [0.1, 0.15) is 11.6 Å². The van der Waals surface area contributed by atoms with E-state index >= 15 is 0 Å².